The first-order chi connectivity index (χ1) is 20.0. The van der Waals surface area contributed by atoms with Crippen molar-refractivity contribution in [1.29, 1.82) is 0 Å². The Hall–Kier alpha value is -4.29. The van der Waals surface area contributed by atoms with E-state index in [0.29, 0.717) is 29.5 Å². The lowest BCUT2D eigenvalue weighted by Crippen LogP contribution is -2.43. The Morgan fingerprint density at radius 1 is 0.756 bits per heavy atom. The lowest BCUT2D eigenvalue weighted by atomic mass is 10.0. The highest BCUT2D eigenvalue weighted by atomic mass is 16.5. The largest absolute Gasteiger partial charge is 0.497 e. The monoisotopic (exact) mass is 548 g/mol. The molecule has 4 aromatic rings. The minimum absolute atomic E-state index is 0.187. The second-order valence-corrected chi connectivity index (χ2v) is 11.0. The molecule has 0 unspecified atom stereocenters. The molecule has 0 saturated carbocycles. The number of hydrogen-bond donors (Lipinski definition) is 1. The lowest BCUT2D eigenvalue weighted by Gasteiger charge is -2.36. The number of carbonyl (C=O) groups excluding carboxylic acids is 1. The van der Waals surface area contributed by atoms with Crippen molar-refractivity contribution >= 4 is 11.6 Å². The number of rotatable bonds is 8. The third-order valence-corrected chi connectivity index (χ3v) is 8.53. The smallest absolute Gasteiger partial charge is 0.255 e. The van der Waals surface area contributed by atoms with Gasteiger partial charge in [0.1, 0.15) is 23.4 Å². The number of piperidine rings is 1. The Morgan fingerprint density at radius 3 is 2.10 bits per heavy atom. The Bertz CT molecular complexity index is 1500. The molecule has 3 atom stereocenters. The van der Waals surface area contributed by atoms with Crippen molar-refractivity contribution in [2.45, 2.75) is 43.9 Å². The van der Waals surface area contributed by atoms with Gasteiger partial charge in [0.05, 0.1) is 14.2 Å². The molecule has 0 aliphatic carbocycles. The first kappa shape index (κ1) is 26.9. The predicted molar refractivity (Wildman–Crippen MR) is 163 cm³/mol. The van der Waals surface area contributed by atoms with Gasteiger partial charge < -0.3 is 24.4 Å². The Balaban J connectivity index is 1.11. The first-order valence-electron chi connectivity index (χ1n) is 14.2. The molecule has 2 heterocycles. The zero-order chi connectivity index (χ0) is 28.3. The van der Waals surface area contributed by atoms with Crippen LogP contribution in [0.4, 0.5) is 5.69 Å². The lowest BCUT2D eigenvalue weighted by molar-refractivity contribution is 0.0662. The van der Waals surface area contributed by atoms with E-state index in [1.165, 1.54) is 12.8 Å². The van der Waals surface area contributed by atoms with Gasteiger partial charge in [-0.05, 0) is 104 Å². The summed E-state index contributed by atoms with van der Waals surface area (Å²) in [6.07, 6.45) is 5.11. The maximum atomic E-state index is 13.1. The zero-order valence-corrected chi connectivity index (χ0v) is 23.8. The number of amides is 1. The summed E-state index contributed by atoms with van der Waals surface area (Å²) >= 11 is 0. The highest BCUT2D eigenvalue weighted by Gasteiger charge is 2.39. The van der Waals surface area contributed by atoms with E-state index in [9.17, 15) is 4.79 Å². The number of nitrogens with one attached hydrogen (secondary N) is 1. The molecule has 2 bridgehead atoms. The summed E-state index contributed by atoms with van der Waals surface area (Å²) in [6, 6.07) is 30.7. The number of carbonyl (C=O) groups is 1. The first-order valence-corrected chi connectivity index (χ1v) is 14.2. The summed E-state index contributed by atoms with van der Waals surface area (Å²) in [6.45, 7) is 0. The van der Waals surface area contributed by atoms with Gasteiger partial charge in [0.25, 0.3) is 5.91 Å². The van der Waals surface area contributed by atoms with Gasteiger partial charge in [-0.3, -0.25) is 4.79 Å². The molecular formula is C35H36N2O4. The molecule has 6 heteroatoms. The molecule has 6 rings (SSSR count). The summed E-state index contributed by atoms with van der Waals surface area (Å²) < 4.78 is 17.3. The van der Waals surface area contributed by atoms with Crippen LogP contribution in [0.3, 0.4) is 0 Å². The highest BCUT2D eigenvalue weighted by Crippen LogP contribution is 2.36. The molecule has 1 N–H and O–H groups in total. The molecule has 41 heavy (non-hydrogen) atoms. The predicted octanol–water partition coefficient (Wildman–Crippen LogP) is 7.29. The van der Waals surface area contributed by atoms with E-state index in [1.807, 2.05) is 60.7 Å². The van der Waals surface area contributed by atoms with Crippen LogP contribution in [-0.2, 0) is 0 Å². The van der Waals surface area contributed by atoms with E-state index in [0.717, 1.165) is 52.3 Å². The van der Waals surface area contributed by atoms with Crippen LogP contribution >= 0.6 is 0 Å². The fraction of sp³-hybridized carbons (Fsp3) is 0.286. The standard InChI is InChI=1S/C35H36N2O4/c1-37-28-14-15-29(37)22-32(21-28)41-30-16-9-24(10-17-30)23-7-12-27(13-8-23)36-35(38)26-11-18-34(40-3)33(20-26)25-5-4-6-31(19-25)39-2/h4-13,16-20,28-29,32H,14-15,21-22H2,1-3H3,(H,36,38)/t28-,29+,32+. The Kier molecular flexibility index (Phi) is 7.66. The van der Waals surface area contributed by atoms with Crippen LogP contribution in [0.1, 0.15) is 36.0 Å². The summed E-state index contributed by atoms with van der Waals surface area (Å²) in [5, 5.41) is 3.02. The van der Waals surface area contributed by atoms with E-state index in [4.69, 9.17) is 14.2 Å². The summed E-state index contributed by atoms with van der Waals surface area (Å²) in [5.41, 5.74) is 5.20. The minimum atomic E-state index is -0.187. The molecule has 0 radical (unpaired) electrons. The van der Waals surface area contributed by atoms with Crippen LogP contribution in [-0.4, -0.2) is 50.3 Å². The van der Waals surface area contributed by atoms with E-state index in [1.54, 1.807) is 20.3 Å². The third kappa shape index (κ3) is 5.79. The molecule has 0 spiro atoms. The SMILES string of the molecule is COc1cccc(-c2cc(C(=O)Nc3ccc(-c4ccc(O[C@H]5C[C@H]6CC[C@@H](C5)N6C)cc4)cc3)ccc2OC)c1. The van der Waals surface area contributed by atoms with Gasteiger partial charge in [0.2, 0.25) is 0 Å². The molecule has 2 fully saturated rings. The number of methoxy groups -OCH3 is 2. The van der Waals surface area contributed by atoms with Crippen molar-refractivity contribution in [2.24, 2.45) is 0 Å². The Morgan fingerprint density at radius 2 is 1.44 bits per heavy atom. The molecule has 4 aromatic carbocycles. The second-order valence-electron chi connectivity index (χ2n) is 11.0. The maximum Gasteiger partial charge on any atom is 0.255 e. The quantitative estimate of drug-likeness (QED) is 0.250. The van der Waals surface area contributed by atoms with Gasteiger partial charge in [-0.2, -0.15) is 0 Å². The van der Waals surface area contributed by atoms with Crippen molar-refractivity contribution in [2.75, 3.05) is 26.6 Å². The summed E-state index contributed by atoms with van der Waals surface area (Å²) in [7, 11) is 5.51. The molecular weight excluding hydrogens is 512 g/mol. The normalized spacial score (nSPS) is 19.9. The van der Waals surface area contributed by atoms with Crippen molar-refractivity contribution in [3.05, 3.63) is 96.6 Å². The van der Waals surface area contributed by atoms with Crippen molar-refractivity contribution in [3.63, 3.8) is 0 Å². The van der Waals surface area contributed by atoms with Gasteiger partial charge in [-0.15, -0.1) is 0 Å². The number of anilines is 1. The number of fused-ring (bicyclic) bond motifs is 2. The minimum Gasteiger partial charge on any atom is -0.497 e. The Labute approximate surface area is 241 Å². The fourth-order valence-electron chi connectivity index (χ4n) is 6.19. The van der Waals surface area contributed by atoms with Crippen LogP contribution in [0.2, 0.25) is 0 Å². The summed E-state index contributed by atoms with van der Waals surface area (Å²) in [4.78, 5) is 15.7. The van der Waals surface area contributed by atoms with Crippen LogP contribution in [0.25, 0.3) is 22.3 Å². The summed E-state index contributed by atoms with van der Waals surface area (Å²) in [5.74, 6) is 2.17. The number of nitrogens with zero attached hydrogens (tertiary/aromatic N) is 1. The van der Waals surface area contributed by atoms with Crippen LogP contribution in [0.5, 0.6) is 17.2 Å². The molecule has 1 amide bonds. The van der Waals surface area contributed by atoms with E-state index in [-0.39, 0.29) is 5.91 Å². The fourth-order valence-corrected chi connectivity index (χ4v) is 6.19. The van der Waals surface area contributed by atoms with Crippen LogP contribution in [0, 0.1) is 0 Å². The maximum absolute atomic E-state index is 13.1. The van der Waals surface area contributed by atoms with E-state index in [2.05, 4.69) is 41.5 Å². The average Bonchev–Trinajstić information content (AvgIpc) is 3.21. The molecule has 2 saturated heterocycles. The average molecular weight is 549 g/mol. The molecule has 2 aliphatic rings. The molecule has 2 aliphatic heterocycles. The van der Waals surface area contributed by atoms with Crippen molar-refractivity contribution in [3.8, 4) is 39.5 Å². The van der Waals surface area contributed by atoms with Gasteiger partial charge in [-0.1, -0.05) is 36.4 Å². The molecule has 210 valence electrons. The van der Waals surface area contributed by atoms with Crippen LogP contribution < -0.4 is 19.5 Å². The highest BCUT2D eigenvalue weighted by molar-refractivity contribution is 6.05. The third-order valence-electron chi connectivity index (χ3n) is 8.53. The topological polar surface area (TPSA) is 60.0 Å². The van der Waals surface area contributed by atoms with E-state index < -0.39 is 0 Å². The number of benzene rings is 4. The number of hydrogen-bond acceptors (Lipinski definition) is 5. The van der Waals surface area contributed by atoms with E-state index >= 15 is 0 Å². The van der Waals surface area contributed by atoms with Gasteiger partial charge in [-0.25, -0.2) is 0 Å². The zero-order valence-electron chi connectivity index (χ0n) is 23.8. The molecule has 6 nitrogen and oxygen atoms in total. The number of ether oxygens (including phenoxy) is 3. The van der Waals surface area contributed by atoms with Crippen LogP contribution in [0.15, 0.2) is 91.0 Å². The van der Waals surface area contributed by atoms with Gasteiger partial charge >= 0.3 is 0 Å². The molecule has 0 aromatic heterocycles. The van der Waals surface area contributed by atoms with Gasteiger partial charge in [0.15, 0.2) is 0 Å². The van der Waals surface area contributed by atoms with Crippen molar-refractivity contribution < 1.29 is 19.0 Å². The second kappa shape index (κ2) is 11.7. The van der Waals surface area contributed by atoms with Gasteiger partial charge in [0, 0.05) is 28.9 Å². The van der Waals surface area contributed by atoms with Crippen molar-refractivity contribution in [1.82, 2.24) is 4.90 Å².